The predicted octanol–water partition coefficient (Wildman–Crippen LogP) is 13.5. The fourth-order valence-electron chi connectivity index (χ4n) is 7.34. The number of amidine groups is 2. The summed E-state index contributed by atoms with van der Waals surface area (Å²) in [4.78, 5) is 10.3. The van der Waals surface area contributed by atoms with Gasteiger partial charge in [0, 0.05) is 25.7 Å². The van der Waals surface area contributed by atoms with Crippen molar-refractivity contribution in [3.8, 4) is 33.4 Å². The van der Waals surface area contributed by atoms with Gasteiger partial charge in [0.15, 0.2) is 0 Å². The molecule has 2 heterocycles. The lowest BCUT2D eigenvalue weighted by atomic mass is 9.95. The molecule has 0 bridgehead atoms. The first-order valence-corrected chi connectivity index (χ1v) is 18.7. The Balaban J connectivity index is 1.03. The van der Waals surface area contributed by atoms with Crippen molar-refractivity contribution in [2.24, 2.45) is 9.98 Å². The van der Waals surface area contributed by atoms with E-state index in [1.54, 1.807) is 0 Å². The van der Waals surface area contributed by atoms with Gasteiger partial charge >= 0.3 is 0 Å². The summed E-state index contributed by atoms with van der Waals surface area (Å²) in [7, 11) is 0. The van der Waals surface area contributed by atoms with Crippen LogP contribution in [0.5, 0.6) is 0 Å². The van der Waals surface area contributed by atoms with Crippen LogP contribution in [0.4, 0.5) is 0 Å². The Labute approximate surface area is 312 Å². The minimum atomic E-state index is -0.376. The molecule has 1 aliphatic rings. The maximum atomic E-state index is 5.17. The van der Waals surface area contributed by atoms with Gasteiger partial charge in [0.1, 0.15) is 0 Å². The molecule has 53 heavy (non-hydrogen) atoms. The SMILES string of the molecule is c1ccc(C2=NC(c3cccc4sc5ccc(-c6cccc(-c7ccc(-c8ccc9ccccc9c8)cc7)c6)cc5c34)=NC(c3ccccc3)[N-]2)cc1. The van der Waals surface area contributed by atoms with E-state index in [4.69, 9.17) is 15.3 Å². The number of rotatable bonds is 6. The Morgan fingerprint density at radius 2 is 1.04 bits per heavy atom. The molecule has 0 aliphatic carbocycles. The Morgan fingerprint density at radius 1 is 0.434 bits per heavy atom. The van der Waals surface area contributed by atoms with E-state index in [1.807, 2.05) is 47.7 Å². The third-order valence-corrected chi connectivity index (χ3v) is 11.2. The molecule has 250 valence electrons. The summed E-state index contributed by atoms with van der Waals surface area (Å²) >= 11 is 1.81. The van der Waals surface area contributed by atoms with Crippen molar-refractivity contribution < 1.29 is 0 Å². The van der Waals surface area contributed by atoms with Gasteiger partial charge in [0.05, 0.1) is 12.0 Å². The topological polar surface area (TPSA) is 38.8 Å². The van der Waals surface area contributed by atoms with Gasteiger partial charge in [-0.15, -0.1) is 11.3 Å². The molecule has 10 rings (SSSR count). The Morgan fingerprint density at radius 3 is 1.83 bits per heavy atom. The lowest BCUT2D eigenvalue weighted by molar-refractivity contribution is 0.878. The monoisotopic (exact) mass is 694 g/mol. The van der Waals surface area contributed by atoms with Crippen LogP contribution in [0.3, 0.4) is 0 Å². The van der Waals surface area contributed by atoms with Crippen LogP contribution in [0, 0.1) is 0 Å². The van der Waals surface area contributed by atoms with Gasteiger partial charge in [-0.05, 0) is 85.6 Å². The number of hydrogen-bond acceptors (Lipinski definition) is 3. The third kappa shape index (κ3) is 5.89. The highest BCUT2D eigenvalue weighted by molar-refractivity contribution is 7.25. The van der Waals surface area contributed by atoms with Crippen LogP contribution in [-0.2, 0) is 0 Å². The summed E-state index contributed by atoms with van der Waals surface area (Å²) in [5.41, 5.74) is 10.2. The van der Waals surface area contributed by atoms with Crippen molar-refractivity contribution in [2.45, 2.75) is 6.17 Å². The summed E-state index contributed by atoms with van der Waals surface area (Å²) < 4.78 is 2.46. The van der Waals surface area contributed by atoms with E-state index in [0.29, 0.717) is 11.7 Å². The average molecular weight is 695 g/mol. The fourth-order valence-corrected chi connectivity index (χ4v) is 8.46. The van der Waals surface area contributed by atoms with Crippen LogP contribution in [0.15, 0.2) is 198 Å². The number of fused-ring (bicyclic) bond motifs is 4. The summed E-state index contributed by atoms with van der Waals surface area (Å²) in [6.07, 6.45) is -0.376. The Hall–Kier alpha value is -6.62. The molecular weight excluding hydrogens is 663 g/mol. The van der Waals surface area contributed by atoms with Gasteiger partial charge in [-0.2, -0.15) is 0 Å². The Bertz CT molecular complexity index is 2850. The second-order valence-corrected chi connectivity index (χ2v) is 14.5. The number of hydrogen-bond donors (Lipinski definition) is 0. The zero-order valence-corrected chi connectivity index (χ0v) is 29.5. The first-order valence-electron chi connectivity index (χ1n) is 17.9. The average Bonchev–Trinajstić information content (AvgIpc) is 3.62. The quantitative estimate of drug-likeness (QED) is 0.166. The lowest BCUT2D eigenvalue weighted by Crippen LogP contribution is -2.16. The van der Waals surface area contributed by atoms with Crippen LogP contribution >= 0.6 is 11.3 Å². The van der Waals surface area contributed by atoms with Gasteiger partial charge < -0.3 is 10.3 Å². The molecule has 0 saturated carbocycles. The Kier molecular flexibility index (Phi) is 7.74. The van der Waals surface area contributed by atoms with Crippen molar-refractivity contribution >= 4 is 54.0 Å². The van der Waals surface area contributed by atoms with Crippen LogP contribution < -0.4 is 0 Å². The van der Waals surface area contributed by atoms with E-state index in [1.165, 1.54) is 64.3 Å². The highest BCUT2D eigenvalue weighted by Crippen LogP contribution is 2.41. The highest BCUT2D eigenvalue weighted by atomic mass is 32.1. The summed E-state index contributed by atoms with van der Waals surface area (Å²) in [5.74, 6) is 1.40. The number of aliphatic imine (C=N–C) groups is 2. The van der Waals surface area contributed by atoms with Crippen LogP contribution in [0.1, 0.15) is 22.9 Å². The number of thiophene rings is 1. The summed E-state index contributed by atoms with van der Waals surface area (Å²) in [6.45, 7) is 0. The molecule has 9 aromatic rings. The van der Waals surface area contributed by atoms with E-state index < -0.39 is 0 Å². The minimum absolute atomic E-state index is 0.376. The van der Waals surface area contributed by atoms with Gasteiger partial charge in [-0.25, -0.2) is 0 Å². The van der Waals surface area contributed by atoms with Gasteiger partial charge in [-0.3, -0.25) is 4.99 Å². The summed E-state index contributed by atoms with van der Waals surface area (Å²) in [6, 6.07) is 66.8. The van der Waals surface area contributed by atoms with Gasteiger partial charge in [-0.1, -0.05) is 164 Å². The highest BCUT2D eigenvalue weighted by Gasteiger charge is 2.17. The second-order valence-electron chi connectivity index (χ2n) is 13.4. The maximum absolute atomic E-state index is 5.17. The van der Waals surface area contributed by atoms with Gasteiger partial charge in [0.25, 0.3) is 0 Å². The smallest absolute Gasteiger partial charge is 0.0822 e. The third-order valence-electron chi connectivity index (χ3n) is 10.1. The zero-order chi connectivity index (χ0) is 35.1. The van der Waals surface area contributed by atoms with Crippen LogP contribution in [0.2, 0.25) is 0 Å². The fraction of sp³-hybridized carbons (Fsp3) is 0.0204. The maximum Gasteiger partial charge on any atom is 0.0822 e. The molecule has 0 saturated heterocycles. The molecule has 0 fully saturated rings. The van der Waals surface area contributed by atoms with Crippen molar-refractivity contribution in [1.82, 2.24) is 0 Å². The van der Waals surface area contributed by atoms with E-state index in [2.05, 4.69) is 152 Å². The first-order chi connectivity index (χ1) is 26.2. The molecule has 0 radical (unpaired) electrons. The molecule has 1 aliphatic heterocycles. The first kappa shape index (κ1) is 31.1. The lowest BCUT2D eigenvalue weighted by Gasteiger charge is -2.32. The minimum Gasteiger partial charge on any atom is -0.438 e. The molecule has 0 spiro atoms. The van der Waals surface area contributed by atoms with E-state index >= 15 is 0 Å². The van der Waals surface area contributed by atoms with Crippen molar-refractivity contribution in [2.75, 3.05) is 0 Å². The number of benzene rings is 8. The molecule has 4 heteroatoms. The van der Waals surface area contributed by atoms with Crippen molar-refractivity contribution in [1.29, 1.82) is 0 Å². The number of nitrogens with zero attached hydrogens (tertiary/aromatic N) is 3. The van der Waals surface area contributed by atoms with E-state index in [9.17, 15) is 0 Å². The summed E-state index contributed by atoms with van der Waals surface area (Å²) in [5, 5.41) is 9.92. The molecule has 8 aromatic carbocycles. The van der Waals surface area contributed by atoms with Crippen LogP contribution in [0.25, 0.3) is 69.6 Å². The standard InChI is InChI=1S/C49H32N3S/c1-3-12-35(13-4-1)47-50-48(36-14-5-2-6-15-36)52-49(51-47)42-19-10-20-45-46(42)43-31-41(27-28-44(43)53-45)39-18-9-17-38(29-39)33-21-23-34(24-22-33)40-26-25-32-11-7-8-16-37(32)30-40/h1-31,47H/q-1. The molecule has 1 atom stereocenters. The molecule has 0 amide bonds. The van der Waals surface area contributed by atoms with Crippen molar-refractivity contribution in [3.05, 3.63) is 210 Å². The predicted molar refractivity (Wildman–Crippen MR) is 225 cm³/mol. The zero-order valence-electron chi connectivity index (χ0n) is 28.7. The molecule has 1 unspecified atom stereocenters. The largest absolute Gasteiger partial charge is 0.438 e. The molecule has 3 nitrogen and oxygen atoms in total. The van der Waals surface area contributed by atoms with E-state index in [-0.39, 0.29) is 6.17 Å². The van der Waals surface area contributed by atoms with Gasteiger partial charge in [0.2, 0.25) is 0 Å². The second kappa shape index (κ2) is 13.2. The van der Waals surface area contributed by atoms with Crippen molar-refractivity contribution in [3.63, 3.8) is 0 Å². The molecule has 1 aromatic heterocycles. The van der Waals surface area contributed by atoms with E-state index in [0.717, 1.165) is 16.7 Å². The van der Waals surface area contributed by atoms with Crippen LogP contribution in [-0.4, -0.2) is 11.7 Å². The molecular formula is C49H32N3S-. The molecule has 0 N–H and O–H groups in total. The normalized spacial score (nSPS) is 14.2.